The topological polar surface area (TPSA) is 55.1 Å². The maximum atomic E-state index is 13.4. The minimum atomic E-state index is -0.330. The van der Waals surface area contributed by atoms with E-state index in [-0.39, 0.29) is 11.7 Å². The van der Waals surface area contributed by atoms with Gasteiger partial charge in [0.25, 0.3) is 0 Å². The van der Waals surface area contributed by atoms with Crippen molar-refractivity contribution in [3.8, 4) is 11.3 Å². The summed E-state index contributed by atoms with van der Waals surface area (Å²) < 4.78 is 18.4. The normalized spacial score (nSPS) is 10.7. The SMILES string of the molecule is CCc1ccc(CNC(=O)CCc2conc2-c2cccc(F)c2)cc1. The van der Waals surface area contributed by atoms with Crippen LogP contribution in [0.25, 0.3) is 11.3 Å². The van der Waals surface area contributed by atoms with Crippen LogP contribution < -0.4 is 5.32 Å². The molecule has 0 aliphatic rings. The number of aromatic nitrogens is 1. The van der Waals surface area contributed by atoms with Crippen LogP contribution in [0.2, 0.25) is 0 Å². The molecule has 1 heterocycles. The van der Waals surface area contributed by atoms with Crippen molar-refractivity contribution in [2.75, 3.05) is 0 Å². The molecule has 0 atom stereocenters. The van der Waals surface area contributed by atoms with Crippen molar-refractivity contribution in [3.05, 3.63) is 77.3 Å². The molecule has 26 heavy (non-hydrogen) atoms. The lowest BCUT2D eigenvalue weighted by Crippen LogP contribution is -2.23. The first-order valence-electron chi connectivity index (χ1n) is 8.69. The van der Waals surface area contributed by atoms with Crippen LogP contribution in [0.3, 0.4) is 0 Å². The highest BCUT2D eigenvalue weighted by Crippen LogP contribution is 2.23. The van der Waals surface area contributed by atoms with E-state index in [2.05, 4.69) is 29.5 Å². The Kier molecular flexibility index (Phi) is 5.79. The molecule has 3 aromatic rings. The van der Waals surface area contributed by atoms with Gasteiger partial charge in [0.05, 0.1) is 0 Å². The third-order valence-corrected chi connectivity index (χ3v) is 4.28. The molecule has 134 valence electrons. The van der Waals surface area contributed by atoms with Crippen LogP contribution in [0.5, 0.6) is 0 Å². The van der Waals surface area contributed by atoms with Crippen molar-refractivity contribution in [1.29, 1.82) is 0 Å². The second-order valence-corrected chi connectivity index (χ2v) is 6.15. The van der Waals surface area contributed by atoms with E-state index in [0.717, 1.165) is 17.5 Å². The van der Waals surface area contributed by atoms with Gasteiger partial charge >= 0.3 is 0 Å². The third kappa shape index (κ3) is 4.57. The summed E-state index contributed by atoms with van der Waals surface area (Å²) in [7, 11) is 0. The van der Waals surface area contributed by atoms with Crippen molar-refractivity contribution in [1.82, 2.24) is 10.5 Å². The molecule has 1 aromatic heterocycles. The Labute approximate surface area is 152 Å². The Hall–Kier alpha value is -2.95. The van der Waals surface area contributed by atoms with Gasteiger partial charge in [0.2, 0.25) is 5.91 Å². The lowest BCUT2D eigenvalue weighted by molar-refractivity contribution is -0.121. The molecule has 0 saturated heterocycles. The summed E-state index contributed by atoms with van der Waals surface area (Å²) in [6.07, 6.45) is 3.31. The molecular formula is C21H21FN2O2. The number of hydrogen-bond donors (Lipinski definition) is 1. The molecule has 4 nitrogen and oxygen atoms in total. The molecule has 0 radical (unpaired) electrons. The van der Waals surface area contributed by atoms with Crippen molar-refractivity contribution in [3.63, 3.8) is 0 Å². The maximum Gasteiger partial charge on any atom is 0.220 e. The molecule has 5 heteroatoms. The quantitative estimate of drug-likeness (QED) is 0.690. The largest absolute Gasteiger partial charge is 0.364 e. The Morgan fingerprint density at radius 2 is 1.92 bits per heavy atom. The highest BCUT2D eigenvalue weighted by molar-refractivity contribution is 5.76. The van der Waals surface area contributed by atoms with Gasteiger partial charge in [0.1, 0.15) is 17.8 Å². The zero-order chi connectivity index (χ0) is 18.4. The first kappa shape index (κ1) is 17.9. The lowest BCUT2D eigenvalue weighted by Gasteiger charge is -2.06. The van der Waals surface area contributed by atoms with E-state index in [9.17, 15) is 9.18 Å². The first-order chi connectivity index (χ1) is 12.7. The van der Waals surface area contributed by atoms with E-state index in [4.69, 9.17) is 4.52 Å². The molecular weight excluding hydrogens is 331 g/mol. The lowest BCUT2D eigenvalue weighted by atomic mass is 10.0. The second kappa shape index (κ2) is 8.43. The molecule has 0 bridgehead atoms. The average molecular weight is 352 g/mol. The van der Waals surface area contributed by atoms with Crippen LogP contribution in [-0.2, 0) is 24.2 Å². The van der Waals surface area contributed by atoms with Gasteiger partial charge < -0.3 is 9.84 Å². The molecule has 0 aliphatic heterocycles. The number of aryl methyl sites for hydroxylation is 2. The van der Waals surface area contributed by atoms with Gasteiger partial charge in [-0.15, -0.1) is 0 Å². The molecule has 0 aliphatic carbocycles. The average Bonchev–Trinajstić information content (AvgIpc) is 3.14. The number of carbonyl (C=O) groups is 1. The maximum absolute atomic E-state index is 13.4. The van der Waals surface area contributed by atoms with E-state index in [0.29, 0.717) is 30.6 Å². The minimum Gasteiger partial charge on any atom is -0.364 e. The number of hydrogen-bond acceptors (Lipinski definition) is 3. The fourth-order valence-corrected chi connectivity index (χ4v) is 2.74. The summed E-state index contributed by atoms with van der Waals surface area (Å²) in [6.45, 7) is 2.61. The van der Waals surface area contributed by atoms with Crippen molar-refractivity contribution < 1.29 is 13.7 Å². The van der Waals surface area contributed by atoms with Crippen LogP contribution >= 0.6 is 0 Å². The predicted molar refractivity (Wildman–Crippen MR) is 97.9 cm³/mol. The molecule has 0 saturated carbocycles. The molecule has 2 aromatic carbocycles. The summed E-state index contributed by atoms with van der Waals surface area (Å²) in [5.74, 6) is -0.376. The second-order valence-electron chi connectivity index (χ2n) is 6.15. The summed E-state index contributed by atoms with van der Waals surface area (Å²) in [6, 6.07) is 14.4. The van der Waals surface area contributed by atoms with Crippen molar-refractivity contribution >= 4 is 5.91 Å². The number of nitrogens with zero attached hydrogens (tertiary/aromatic N) is 1. The van der Waals surface area contributed by atoms with Gasteiger partial charge in [-0.3, -0.25) is 4.79 Å². The zero-order valence-corrected chi connectivity index (χ0v) is 14.7. The Morgan fingerprint density at radius 3 is 2.65 bits per heavy atom. The number of halogens is 1. The Morgan fingerprint density at radius 1 is 1.15 bits per heavy atom. The Balaban J connectivity index is 1.54. The molecule has 3 rings (SSSR count). The van der Waals surface area contributed by atoms with E-state index in [1.807, 2.05) is 12.1 Å². The van der Waals surface area contributed by atoms with E-state index in [1.54, 1.807) is 12.1 Å². The zero-order valence-electron chi connectivity index (χ0n) is 14.7. The van der Waals surface area contributed by atoms with Crippen LogP contribution in [0.1, 0.15) is 30.0 Å². The molecule has 0 unspecified atom stereocenters. The van der Waals surface area contributed by atoms with Crippen LogP contribution in [0, 0.1) is 5.82 Å². The Bertz CT molecular complexity index is 872. The van der Waals surface area contributed by atoms with Gasteiger partial charge in [-0.1, -0.05) is 48.5 Å². The van der Waals surface area contributed by atoms with Crippen molar-refractivity contribution in [2.24, 2.45) is 0 Å². The molecule has 0 fully saturated rings. The number of nitrogens with one attached hydrogen (secondary N) is 1. The van der Waals surface area contributed by atoms with Gasteiger partial charge in [-0.25, -0.2) is 4.39 Å². The number of benzene rings is 2. The predicted octanol–water partition coefficient (Wildman–Crippen LogP) is 4.29. The summed E-state index contributed by atoms with van der Waals surface area (Å²) in [5.41, 5.74) is 4.36. The summed E-state index contributed by atoms with van der Waals surface area (Å²) in [4.78, 5) is 12.1. The fourth-order valence-electron chi connectivity index (χ4n) is 2.74. The number of carbonyl (C=O) groups excluding carboxylic acids is 1. The van der Waals surface area contributed by atoms with Gasteiger partial charge in [-0.2, -0.15) is 0 Å². The molecule has 0 spiro atoms. The standard InChI is InChI=1S/C21H21FN2O2/c1-2-15-6-8-16(9-7-15)13-23-20(25)11-10-18-14-26-24-21(18)17-4-3-5-19(22)12-17/h3-9,12,14H,2,10-11,13H2,1H3,(H,23,25). The van der Waals surface area contributed by atoms with E-state index >= 15 is 0 Å². The smallest absolute Gasteiger partial charge is 0.220 e. The monoisotopic (exact) mass is 352 g/mol. The van der Waals surface area contributed by atoms with E-state index < -0.39 is 0 Å². The van der Waals surface area contributed by atoms with E-state index in [1.165, 1.54) is 24.0 Å². The summed E-state index contributed by atoms with van der Waals surface area (Å²) in [5, 5.41) is 6.86. The van der Waals surface area contributed by atoms with Crippen LogP contribution in [0.4, 0.5) is 4.39 Å². The van der Waals surface area contributed by atoms with Gasteiger partial charge in [0.15, 0.2) is 0 Å². The summed E-state index contributed by atoms with van der Waals surface area (Å²) >= 11 is 0. The first-order valence-corrected chi connectivity index (χ1v) is 8.69. The van der Waals surface area contributed by atoms with Crippen LogP contribution in [-0.4, -0.2) is 11.1 Å². The van der Waals surface area contributed by atoms with Crippen LogP contribution in [0.15, 0.2) is 59.3 Å². The van der Waals surface area contributed by atoms with Crippen molar-refractivity contribution in [2.45, 2.75) is 32.7 Å². The highest BCUT2D eigenvalue weighted by atomic mass is 19.1. The van der Waals surface area contributed by atoms with Gasteiger partial charge in [0, 0.05) is 24.1 Å². The third-order valence-electron chi connectivity index (χ3n) is 4.28. The number of amides is 1. The number of rotatable bonds is 7. The minimum absolute atomic E-state index is 0.0454. The fraction of sp³-hybridized carbons (Fsp3) is 0.238. The molecule has 1 amide bonds. The van der Waals surface area contributed by atoms with Gasteiger partial charge in [-0.05, 0) is 36.1 Å². The highest BCUT2D eigenvalue weighted by Gasteiger charge is 2.12. The molecule has 1 N–H and O–H groups in total.